The first-order chi connectivity index (χ1) is 10.8. The van der Waals surface area contributed by atoms with E-state index in [4.69, 9.17) is 0 Å². The molecule has 0 bridgehead atoms. The molecule has 0 aliphatic heterocycles. The van der Waals surface area contributed by atoms with E-state index in [1.54, 1.807) is 0 Å². The Morgan fingerprint density at radius 3 is 1.59 bits per heavy atom. The normalized spacial score (nSPS) is 10.6. The van der Waals surface area contributed by atoms with Gasteiger partial charge in [-0.3, -0.25) is 4.79 Å². The fourth-order valence-corrected chi connectivity index (χ4v) is 4.48. The summed E-state index contributed by atoms with van der Waals surface area (Å²) in [5, 5.41) is 2.18. The molecule has 2 heteroatoms. The summed E-state index contributed by atoms with van der Waals surface area (Å²) in [6, 6.07) is 28.0. The molecule has 108 valence electrons. The van der Waals surface area contributed by atoms with Crippen LogP contribution in [0, 0.1) is 6.92 Å². The molecule has 3 rings (SSSR count). The maximum atomic E-state index is 13.1. The third kappa shape index (κ3) is 3.16. The van der Waals surface area contributed by atoms with E-state index in [0.717, 1.165) is 16.2 Å². The zero-order valence-electron chi connectivity index (χ0n) is 12.4. The van der Waals surface area contributed by atoms with Crippen molar-refractivity contribution < 1.29 is 4.79 Å². The minimum atomic E-state index is -1.04. The van der Waals surface area contributed by atoms with Crippen molar-refractivity contribution in [1.29, 1.82) is 0 Å². The molecule has 0 aliphatic rings. The van der Waals surface area contributed by atoms with E-state index in [1.807, 2.05) is 91.9 Å². The molecule has 0 saturated carbocycles. The summed E-state index contributed by atoms with van der Waals surface area (Å²) in [7, 11) is -1.04. The van der Waals surface area contributed by atoms with E-state index in [1.165, 1.54) is 5.56 Å². The predicted molar refractivity (Wildman–Crippen MR) is 94.6 cm³/mol. The zero-order valence-corrected chi connectivity index (χ0v) is 13.3. The number of rotatable bonds is 4. The van der Waals surface area contributed by atoms with Gasteiger partial charge in [-0.2, -0.15) is 0 Å². The summed E-state index contributed by atoms with van der Waals surface area (Å²) in [6.07, 6.45) is 0. The van der Waals surface area contributed by atoms with Crippen LogP contribution in [0.4, 0.5) is 0 Å². The first kappa shape index (κ1) is 14.7. The van der Waals surface area contributed by atoms with Crippen molar-refractivity contribution in [1.82, 2.24) is 0 Å². The molecule has 0 spiro atoms. The van der Waals surface area contributed by atoms with Gasteiger partial charge in [-0.05, 0) is 17.5 Å². The molecule has 0 radical (unpaired) electrons. The van der Waals surface area contributed by atoms with E-state index < -0.39 is 7.92 Å². The summed E-state index contributed by atoms with van der Waals surface area (Å²) in [5.74, 6) is 0. The lowest BCUT2D eigenvalue weighted by molar-refractivity contribution is 0.108. The van der Waals surface area contributed by atoms with Crippen LogP contribution in [0.1, 0.15) is 15.9 Å². The molecule has 3 aromatic rings. The maximum Gasteiger partial charge on any atom is 0.193 e. The lowest BCUT2D eigenvalue weighted by Gasteiger charge is -2.17. The molecule has 0 amide bonds. The van der Waals surface area contributed by atoms with Crippen molar-refractivity contribution in [2.75, 3.05) is 0 Å². The van der Waals surface area contributed by atoms with Gasteiger partial charge in [0, 0.05) is 13.5 Å². The smallest absolute Gasteiger partial charge is 0.193 e. The maximum absolute atomic E-state index is 13.1. The molecule has 0 fully saturated rings. The lowest BCUT2D eigenvalue weighted by Crippen LogP contribution is -2.18. The molecule has 1 nitrogen and oxygen atoms in total. The second-order valence-corrected chi connectivity index (χ2v) is 7.29. The van der Waals surface area contributed by atoms with Crippen LogP contribution < -0.4 is 10.6 Å². The Balaban J connectivity index is 2.06. The van der Waals surface area contributed by atoms with Crippen LogP contribution in [0.5, 0.6) is 0 Å². The topological polar surface area (TPSA) is 17.1 Å². The second-order valence-electron chi connectivity index (χ2n) is 5.18. The average molecular weight is 304 g/mol. The molecular formula is C20H17OP. The van der Waals surface area contributed by atoms with E-state index in [-0.39, 0.29) is 5.52 Å². The summed E-state index contributed by atoms with van der Waals surface area (Å²) in [4.78, 5) is 13.1. The highest BCUT2D eigenvalue weighted by molar-refractivity contribution is 7.88. The van der Waals surface area contributed by atoms with Crippen molar-refractivity contribution in [3.8, 4) is 0 Å². The van der Waals surface area contributed by atoms with Gasteiger partial charge in [-0.1, -0.05) is 90.5 Å². The minimum absolute atomic E-state index is 0.201. The Kier molecular flexibility index (Phi) is 4.46. The molecule has 0 N–H and O–H groups in total. The van der Waals surface area contributed by atoms with Crippen LogP contribution in [0.2, 0.25) is 0 Å². The molecule has 0 saturated heterocycles. The molecule has 0 aromatic heterocycles. The highest BCUT2D eigenvalue weighted by atomic mass is 31.1. The Morgan fingerprint density at radius 1 is 0.682 bits per heavy atom. The van der Waals surface area contributed by atoms with Crippen molar-refractivity contribution in [2.45, 2.75) is 6.92 Å². The molecular weight excluding hydrogens is 287 g/mol. The second kappa shape index (κ2) is 6.68. The third-order valence-electron chi connectivity index (χ3n) is 3.53. The van der Waals surface area contributed by atoms with Crippen LogP contribution in [0.25, 0.3) is 0 Å². The number of carbonyl (C=O) groups excluding carboxylic acids is 1. The van der Waals surface area contributed by atoms with Crippen LogP contribution in [0.3, 0.4) is 0 Å². The van der Waals surface area contributed by atoms with Gasteiger partial charge in [0.2, 0.25) is 0 Å². The van der Waals surface area contributed by atoms with Gasteiger partial charge in [-0.15, -0.1) is 0 Å². The summed E-state index contributed by atoms with van der Waals surface area (Å²) in [6.45, 7) is 2.03. The van der Waals surface area contributed by atoms with Crippen LogP contribution in [-0.2, 0) is 0 Å². The van der Waals surface area contributed by atoms with Crippen LogP contribution in [0.15, 0.2) is 84.9 Å². The van der Waals surface area contributed by atoms with Gasteiger partial charge < -0.3 is 0 Å². The van der Waals surface area contributed by atoms with E-state index in [2.05, 4.69) is 0 Å². The van der Waals surface area contributed by atoms with Crippen LogP contribution in [-0.4, -0.2) is 5.52 Å². The number of hydrogen-bond acceptors (Lipinski definition) is 1. The van der Waals surface area contributed by atoms with Crippen molar-refractivity contribution in [3.05, 3.63) is 96.1 Å². The highest BCUT2D eigenvalue weighted by Gasteiger charge is 2.23. The Bertz CT molecular complexity index is 709. The fraction of sp³-hybridized carbons (Fsp3) is 0.0500. The van der Waals surface area contributed by atoms with E-state index >= 15 is 0 Å². The lowest BCUT2D eigenvalue weighted by atomic mass is 10.2. The largest absolute Gasteiger partial charge is 0.288 e. The quantitative estimate of drug-likeness (QED) is 0.658. The monoisotopic (exact) mass is 304 g/mol. The number of benzene rings is 3. The SMILES string of the molecule is Cc1ccc(C(=O)P(c2ccccc2)c2ccccc2)cc1. The predicted octanol–water partition coefficient (Wildman–Crippen LogP) is 4.27. The number of carbonyl (C=O) groups is 1. The van der Waals surface area contributed by atoms with E-state index in [9.17, 15) is 4.79 Å². The van der Waals surface area contributed by atoms with E-state index in [0.29, 0.717) is 0 Å². The van der Waals surface area contributed by atoms with Gasteiger partial charge in [0.25, 0.3) is 0 Å². The Labute approximate surface area is 132 Å². The van der Waals surface area contributed by atoms with Gasteiger partial charge >= 0.3 is 0 Å². The number of hydrogen-bond donors (Lipinski definition) is 0. The van der Waals surface area contributed by atoms with Gasteiger partial charge in [0.15, 0.2) is 5.52 Å². The van der Waals surface area contributed by atoms with Crippen LogP contribution >= 0.6 is 7.92 Å². The standard InChI is InChI=1S/C20H17OP/c1-16-12-14-17(15-13-16)20(21)22(18-8-4-2-5-9-18)19-10-6-3-7-11-19/h2-15H,1H3. The molecule has 3 aromatic carbocycles. The average Bonchev–Trinajstić information content (AvgIpc) is 2.57. The first-order valence-corrected chi connectivity index (χ1v) is 8.61. The Morgan fingerprint density at radius 2 is 1.14 bits per heavy atom. The summed E-state index contributed by atoms with van der Waals surface area (Å²) >= 11 is 0. The molecule has 0 aliphatic carbocycles. The fourth-order valence-electron chi connectivity index (χ4n) is 2.36. The van der Waals surface area contributed by atoms with Gasteiger partial charge in [0.1, 0.15) is 0 Å². The van der Waals surface area contributed by atoms with Gasteiger partial charge in [-0.25, -0.2) is 0 Å². The van der Waals surface area contributed by atoms with Crippen molar-refractivity contribution in [2.24, 2.45) is 0 Å². The van der Waals surface area contributed by atoms with Crippen molar-refractivity contribution in [3.63, 3.8) is 0 Å². The molecule has 0 unspecified atom stereocenters. The highest BCUT2D eigenvalue weighted by Crippen LogP contribution is 2.37. The zero-order chi connectivity index (χ0) is 15.4. The first-order valence-electron chi connectivity index (χ1n) is 7.27. The summed E-state index contributed by atoms with van der Waals surface area (Å²) < 4.78 is 0. The Hall–Kier alpha value is -2.24. The van der Waals surface area contributed by atoms with Crippen molar-refractivity contribution >= 4 is 24.1 Å². The molecule has 22 heavy (non-hydrogen) atoms. The minimum Gasteiger partial charge on any atom is -0.288 e. The number of aryl methyl sites for hydroxylation is 1. The van der Waals surface area contributed by atoms with Gasteiger partial charge in [0.05, 0.1) is 0 Å². The summed E-state index contributed by atoms with van der Waals surface area (Å²) in [5.41, 5.74) is 2.15. The molecule has 0 atom stereocenters. The third-order valence-corrected chi connectivity index (χ3v) is 5.82. The molecule has 0 heterocycles.